The fourth-order valence-electron chi connectivity index (χ4n) is 3.77. The van der Waals surface area contributed by atoms with E-state index >= 15 is 0 Å². The number of carbonyl (C=O) groups is 2. The molecule has 0 saturated heterocycles. The SMILES string of the molecule is CCOC(=O)c1cc2cc3c(cc2n1C)N(C)C[C@@H](CC(=O)N(CC)CC)O3. The second-order valence-electron chi connectivity index (χ2n) is 7.08. The molecule has 0 saturated carbocycles. The smallest absolute Gasteiger partial charge is 0.354 e. The number of aryl methyl sites for hydroxylation is 1. The molecule has 7 heteroatoms. The Balaban J connectivity index is 1.89. The standard InChI is InChI=1S/C21H29N3O4/c1-6-24(7-2)20(25)11-15-13-22(4)17-12-16-14(10-19(17)28-15)9-18(23(16)5)21(26)27-8-3/h9-10,12,15H,6-8,11,13H2,1-5H3/t15-/m1/s1. The van der Waals surface area contributed by atoms with Gasteiger partial charge in [0.2, 0.25) is 5.91 Å². The van der Waals surface area contributed by atoms with E-state index < -0.39 is 0 Å². The van der Waals surface area contributed by atoms with Crippen molar-refractivity contribution in [2.45, 2.75) is 33.3 Å². The molecule has 28 heavy (non-hydrogen) atoms. The highest BCUT2D eigenvalue weighted by atomic mass is 16.5. The summed E-state index contributed by atoms with van der Waals surface area (Å²) in [5.74, 6) is 0.507. The lowest BCUT2D eigenvalue weighted by molar-refractivity contribution is -0.132. The average Bonchev–Trinajstić information content (AvgIpc) is 2.97. The molecule has 0 unspecified atom stereocenters. The van der Waals surface area contributed by atoms with Crippen LogP contribution in [0.25, 0.3) is 10.9 Å². The summed E-state index contributed by atoms with van der Waals surface area (Å²) >= 11 is 0. The zero-order valence-electron chi connectivity index (χ0n) is 17.3. The second kappa shape index (κ2) is 8.12. The van der Waals surface area contributed by atoms with Gasteiger partial charge in [-0.1, -0.05) is 0 Å². The third kappa shape index (κ3) is 3.66. The Morgan fingerprint density at radius 3 is 2.54 bits per heavy atom. The van der Waals surface area contributed by atoms with E-state index in [1.807, 2.05) is 55.6 Å². The molecule has 1 aliphatic rings. The number of anilines is 1. The van der Waals surface area contributed by atoms with E-state index in [1.54, 1.807) is 6.92 Å². The van der Waals surface area contributed by atoms with Gasteiger partial charge in [0.1, 0.15) is 17.5 Å². The van der Waals surface area contributed by atoms with Crippen LogP contribution in [-0.4, -0.2) is 60.7 Å². The van der Waals surface area contributed by atoms with Crippen molar-refractivity contribution in [3.05, 3.63) is 23.9 Å². The molecule has 0 fully saturated rings. The summed E-state index contributed by atoms with van der Waals surface area (Å²) in [5.41, 5.74) is 2.40. The predicted octanol–water partition coefficient (Wildman–Crippen LogP) is 2.81. The highest BCUT2D eigenvalue weighted by molar-refractivity contribution is 5.97. The van der Waals surface area contributed by atoms with Crippen LogP contribution in [0, 0.1) is 0 Å². The average molecular weight is 387 g/mol. The van der Waals surface area contributed by atoms with E-state index in [4.69, 9.17) is 9.47 Å². The number of rotatable bonds is 6. The summed E-state index contributed by atoms with van der Waals surface area (Å²) in [6.45, 7) is 8.15. The van der Waals surface area contributed by atoms with Gasteiger partial charge in [0.15, 0.2) is 0 Å². The zero-order valence-corrected chi connectivity index (χ0v) is 17.3. The van der Waals surface area contributed by atoms with Crippen molar-refractivity contribution in [2.75, 3.05) is 38.2 Å². The zero-order chi connectivity index (χ0) is 20.4. The summed E-state index contributed by atoms with van der Waals surface area (Å²) in [5, 5.41) is 0.911. The van der Waals surface area contributed by atoms with Crippen LogP contribution in [0.3, 0.4) is 0 Å². The Hall–Kier alpha value is -2.70. The lowest BCUT2D eigenvalue weighted by Gasteiger charge is -2.34. The summed E-state index contributed by atoms with van der Waals surface area (Å²) in [7, 11) is 3.85. The van der Waals surface area contributed by atoms with E-state index in [0.29, 0.717) is 38.4 Å². The Labute approximate surface area is 165 Å². The highest BCUT2D eigenvalue weighted by Crippen LogP contribution is 2.38. The molecule has 1 aromatic carbocycles. The lowest BCUT2D eigenvalue weighted by Crippen LogP contribution is -2.42. The fourth-order valence-corrected chi connectivity index (χ4v) is 3.77. The van der Waals surface area contributed by atoms with Crippen molar-refractivity contribution in [3.8, 4) is 5.75 Å². The number of esters is 1. The second-order valence-corrected chi connectivity index (χ2v) is 7.08. The van der Waals surface area contributed by atoms with Crippen molar-refractivity contribution in [1.29, 1.82) is 0 Å². The van der Waals surface area contributed by atoms with Gasteiger partial charge < -0.3 is 23.8 Å². The largest absolute Gasteiger partial charge is 0.486 e. The van der Waals surface area contributed by atoms with Gasteiger partial charge in [-0.25, -0.2) is 4.79 Å². The van der Waals surface area contributed by atoms with Crippen LogP contribution in [0.15, 0.2) is 18.2 Å². The fraction of sp³-hybridized carbons (Fsp3) is 0.524. The van der Waals surface area contributed by atoms with Gasteiger partial charge >= 0.3 is 5.97 Å². The van der Waals surface area contributed by atoms with Crippen molar-refractivity contribution in [3.63, 3.8) is 0 Å². The van der Waals surface area contributed by atoms with Gasteiger partial charge in [0.25, 0.3) is 0 Å². The normalized spacial score (nSPS) is 15.9. The molecule has 1 amide bonds. The summed E-state index contributed by atoms with van der Waals surface area (Å²) in [6, 6.07) is 5.79. The Morgan fingerprint density at radius 2 is 1.89 bits per heavy atom. The number of amides is 1. The highest BCUT2D eigenvalue weighted by Gasteiger charge is 2.28. The van der Waals surface area contributed by atoms with Gasteiger partial charge in [0, 0.05) is 32.6 Å². The van der Waals surface area contributed by atoms with Gasteiger partial charge in [-0.15, -0.1) is 0 Å². The molecule has 0 spiro atoms. The van der Waals surface area contributed by atoms with E-state index in [1.165, 1.54) is 0 Å². The van der Waals surface area contributed by atoms with Crippen molar-refractivity contribution in [2.24, 2.45) is 7.05 Å². The first kappa shape index (κ1) is 20.0. The summed E-state index contributed by atoms with van der Waals surface area (Å²) in [4.78, 5) is 28.6. The number of nitrogens with zero attached hydrogens (tertiary/aromatic N) is 3. The third-order valence-electron chi connectivity index (χ3n) is 5.31. The number of carbonyl (C=O) groups excluding carboxylic acids is 2. The van der Waals surface area contributed by atoms with Gasteiger partial charge in [0.05, 0.1) is 30.8 Å². The van der Waals surface area contributed by atoms with Gasteiger partial charge in [-0.05, 0) is 39.0 Å². The van der Waals surface area contributed by atoms with E-state index in [2.05, 4.69) is 4.90 Å². The van der Waals surface area contributed by atoms with Crippen LogP contribution < -0.4 is 9.64 Å². The molecule has 3 rings (SSSR count). The number of likely N-dealkylation sites (N-methyl/N-ethyl adjacent to an activating group) is 1. The maximum absolute atomic E-state index is 12.5. The molecule has 1 aromatic heterocycles. The number of hydrogen-bond acceptors (Lipinski definition) is 5. The maximum atomic E-state index is 12.5. The first-order valence-electron chi connectivity index (χ1n) is 9.85. The first-order valence-corrected chi connectivity index (χ1v) is 9.85. The molecular formula is C21H29N3O4. The van der Waals surface area contributed by atoms with Gasteiger partial charge in [-0.3, -0.25) is 4.79 Å². The first-order chi connectivity index (χ1) is 13.4. The topological polar surface area (TPSA) is 64.0 Å². The molecule has 7 nitrogen and oxygen atoms in total. The maximum Gasteiger partial charge on any atom is 0.354 e. The molecule has 0 aliphatic carbocycles. The summed E-state index contributed by atoms with van der Waals surface area (Å²) in [6.07, 6.45) is 0.156. The lowest BCUT2D eigenvalue weighted by atomic mass is 10.1. The van der Waals surface area contributed by atoms with E-state index in [-0.39, 0.29) is 18.0 Å². The molecule has 0 bridgehead atoms. The van der Waals surface area contributed by atoms with Crippen molar-refractivity contribution >= 4 is 28.5 Å². The number of ether oxygens (including phenoxy) is 2. The predicted molar refractivity (Wildman–Crippen MR) is 109 cm³/mol. The minimum absolute atomic E-state index is 0.109. The quantitative estimate of drug-likeness (QED) is 0.713. The molecule has 152 valence electrons. The van der Waals surface area contributed by atoms with E-state index in [9.17, 15) is 9.59 Å². The van der Waals surface area contributed by atoms with Crippen LogP contribution in [0.5, 0.6) is 5.75 Å². The molecular weight excluding hydrogens is 358 g/mol. The minimum atomic E-state index is -0.337. The van der Waals surface area contributed by atoms with E-state index in [0.717, 1.165) is 22.3 Å². The van der Waals surface area contributed by atoms with Crippen molar-refractivity contribution < 1.29 is 19.1 Å². The number of aromatic nitrogens is 1. The molecule has 2 heterocycles. The van der Waals surface area contributed by atoms with Crippen LogP contribution in [0.1, 0.15) is 37.7 Å². The Morgan fingerprint density at radius 1 is 1.18 bits per heavy atom. The van der Waals surface area contributed by atoms with Gasteiger partial charge in [-0.2, -0.15) is 0 Å². The Kier molecular flexibility index (Phi) is 5.82. The molecule has 0 radical (unpaired) electrons. The van der Waals surface area contributed by atoms with Crippen LogP contribution in [0.4, 0.5) is 5.69 Å². The number of benzene rings is 1. The van der Waals surface area contributed by atoms with Crippen LogP contribution >= 0.6 is 0 Å². The van der Waals surface area contributed by atoms with Crippen molar-refractivity contribution in [1.82, 2.24) is 9.47 Å². The molecule has 2 aromatic rings. The monoisotopic (exact) mass is 387 g/mol. The molecule has 1 aliphatic heterocycles. The molecule has 1 atom stereocenters. The minimum Gasteiger partial charge on any atom is -0.486 e. The third-order valence-corrected chi connectivity index (χ3v) is 5.31. The van der Waals surface area contributed by atoms with Crippen LogP contribution in [-0.2, 0) is 16.6 Å². The Bertz CT molecular complexity index is 885. The number of fused-ring (bicyclic) bond motifs is 2. The summed E-state index contributed by atoms with van der Waals surface area (Å²) < 4.78 is 13.2. The van der Waals surface area contributed by atoms with Crippen LogP contribution in [0.2, 0.25) is 0 Å². The number of hydrogen-bond donors (Lipinski definition) is 0. The molecule has 0 N–H and O–H groups in total.